The molecule has 1 aromatic rings. The number of unbranched alkanes of at least 4 members (excludes halogenated alkanes) is 3. The minimum atomic E-state index is -1.01. The molecular formula is C13H17NaO3. The molecule has 0 aliphatic rings. The second-order valence-corrected chi connectivity index (χ2v) is 3.90. The Bertz CT molecular complexity index is 364. The van der Waals surface area contributed by atoms with Crippen molar-refractivity contribution >= 4 is 5.97 Å². The molecule has 3 nitrogen and oxygen atoms in total. The molecule has 0 radical (unpaired) electrons. The van der Waals surface area contributed by atoms with Gasteiger partial charge in [0.15, 0.2) is 0 Å². The molecule has 0 bridgehead atoms. The Morgan fingerprint density at radius 2 is 2.00 bits per heavy atom. The van der Waals surface area contributed by atoms with Crippen LogP contribution in [0, 0.1) is 0 Å². The van der Waals surface area contributed by atoms with Crippen LogP contribution in [0.1, 0.15) is 48.5 Å². The summed E-state index contributed by atoms with van der Waals surface area (Å²) in [5, 5.41) is 20.5. The monoisotopic (exact) mass is 244 g/mol. The van der Waals surface area contributed by atoms with Gasteiger partial charge in [-0.2, -0.15) is 0 Å². The second-order valence-electron chi connectivity index (χ2n) is 3.90. The fourth-order valence-electron chi connectivity index (χ4n) is 1.75. The van der Waals surface area contributed by atoms with Crippen molar-refractivity contribution in [1.29, 1.82) is 0 Å². The zero-order valence-corrected chi connectivity index (χ0v) is 12.5. The van der Waals surface area contributed by atoms with E-state index in [4.69, 9.17) is 5.11 Å². The van der Waals surface area contributed by atoms with Gasteiger partial charge in [-0.15, -0.1) is 5.75 Å². The van der Waals surface area contributed by atoms with Crippen molar-refractivity contribution in [3.8, 4) is 5.75 Å². The molecule has 0 spiro atoms. The van der Waals surface area contributed by atoms with Gasteiger partial charge in [-0.1, -0.05) is 38.3 Å². The number of benzene rings is 1. The molecule has 0 unspecified atom stereocenters. The van der Waals surface area contributed by atoms with Gasteiger partial charge >= 0.3 is 35.5 Å². The van der Waals surface area contributed by atoms with Gasteiger partial charge in [-0.3, -0.25) is 0 Å². The van der Waals surface area contributed by atoms with Crippen LogP contribution < -0.4 is 34.7 Å². The Hall–Kier alpha value is -0.510. The van der Waals surface area contributed by atoms with E-state index in [-0.39, 0.29) is 40.9 Å². The standard InChI is InChI=1S/C13H18O3.Na/c1-2-3-4-5-7-10-11(13(15)16)8-6-9-12(10)14;/h6,8-9,14H,2-5,7H2,1H3,(H,15,16);/q;+1/p-1. The maximum absolute atomic E-state index is 11.5. The van der Waals surface area contributed by atoms with Crippen molar-refractivity contribution in [2.75, 3.05) is 0 Å². The summed E-state index contributed by atoms with van der Waals surface area (Å²) >= 11 is 0. The van der Waals surface area contributed by atoms with Crippen LogP contribution in [0.4, 0.5) is 0 Å². The van der Waals surface area contributed by atoms with E-state index in [0.717, 1.165) is 25.7 Å². The third-order valence-corrected chi connectivity index (χ3v) is 2.64. The Labute approximate surface area is 124 Å². The first-order valence-corrected chi connectivity index (χ1v) is 5.69. The van der Waals surface area contributed by atoms with Crippen LogP contribution in [0.25, 0.3) is 0 Å². The average Bonchev–Trinajstić information content (AvgIpc) is 2.25. The molecule has 0 atom stereocenters. The number of carbonyl (C=O) groups is 1. The number of carboxylic acid groups (broad SMARTS) is 1. The van der Waals surface area contributed by atoms with Crippen molar-refractivity contribution in [1.82, 2.24) is 0 Å². The largest absolute Gasteiger partial charge is 1.00 e. The van der Waals surface area contributed by atoms with E-state index in [1.54, 1.807) is 0 Å². The first-order valence-electron chi connectivity index (χ1n) is 5.69. The van der Waals surface area contributed by atoms with Crippen LogP contribution in [0.2, 0.25) is 0 Å². The summed E-state index contributed by atoms with van der Waals surface area (Å²) in [7, 11) is 0. The van der Waals surface area contributed by atoms with E-state index < -0.39 is 5.97 Å². The predicted octanol–water partition coefficient (Wildman–Crippen LogP) is -0.415. The molecule has 4 heteroatoms. The summed E-state index contributed by atoms with van der Waals surface area (Å²) in [6, 6.07) is 4.43. The fraction of sp³-hybridized carbons (Fsp3) is 0.462. The molecule has 0 saturated heterocycles. The zero-order chi connectivity index (χ0) is 12.0. The van der Waals surface area contributed by atoms with Crippen LogP contribution in [0.5, 0.6) is 5.75 Å². The van der Waals surface area contributed by atoms with E-state index in [1.165, 1.54) is 18.2 Å². The van der Waals surface area contributed by atoms with Crippen LogP contribution in [0.15, 0.2) is 18.2 Å². The minimum Gasteiger partial charge on any atom is -0.872 e. The first-order chi connectivity index (χ1) is 7.66. The van der Waals surface area contributed by atoms with E-state index in [9.17, 15) is 9.90 Å². The quantitative estimate of drug-likeness (QED) is 0.546. The Kier molecular flexibility index (Phi) is 8.30. The molecule has 1 aromatic carbocycles. The average molecular weight is 244 g/mol. The second kappa shape index (κ2) is 8.56. The van der Waals surface area contributed by atoms with Gasteiger partial charge in [0, 0.05) is 0 Å². The summed E-state index contributed by atoms with van der Waals surface area (Å²) in [6.07, 6.45) is 4.76. The van der Waals surface area contributed by atoms with E-state index in [0.29, 0.717) is 12.0 Å². The van der Waals surface area contributed by atoms with Crippen LogP contribution >= 0.6 is 0 Å². The van der Waals surface area contributed by atoms with E-state index in [1.807, 2.05) is 0 Å². The summed E-state index contributed by atoms with van der Waals surface area (Å²) in [6.45, 7) is 2.12. The predicted molar refractivity (Wildman–Crippen MR) is 60.7 cm³/mol. The van der Waals surface area contributed by atoms with Crippen molar-refractivity contribution in [2.45, 2.75) is 39.0 Å². The molecule has 0 amide bonds. The van der Waals surface area contributed by atoms with Gasteiger partial charge in [-0.25, -0.2) is 4.79 Å². The summed E-state index contributed by atoms with van der Waals surface area (Å²) in [5.41, 5.74) is 0.607. The van der Waals surface area contributed by atoms with Gasteiger partial charge in [0.05, 0.1) is 5.56 Å². The Balaban J connectivity index is 0.00000256. The third-order valence-electron chi connectivity index (χ3n) is 2.64. The summed E-state index contributed by atoms with van der Waals surface area (Å²) in [4.78, 5) is 10.9. The molecule has 0 heterocycles. The van der Waals surface area contributed by atoms with Crippen molar-refractivity contribution in [3.63, 3.8) is 0 Å². The molecule has 0 aliphatic heterocycles. The number of aromatic carboxylic acids is 1. The van der Waals surface area contributed by atoms with Crippen LogP contribution in [-0.4, -0.2) is 11.1 Å². The maximum Gasteiger partial charge on any atom is 1.00 e. The third kappa shape index (κ3) is 5.11. The fourth-order valence-corrected chi connectivity index (χ4v) is 1.75. The SMILES string of the molecule is CCCCCCc1c([O-])cccc1C(=O)O.[Na+]. The molecule has 0 aliphatic carbocycles. The molecule has 0 saturated carbocycles. The maximum atomic E-state index is 11.5. The molecule has 1 rings (SSSR count). The molecule has 1 N–H and O–H groups in total. The van der Waals surface area contributed by atoms with Crippen LogP contribution in [0.3, 0.4) is 0 Å². The molecular weight excluding hydrogens is 227 g/mol. The number of hydrogen-bond acceptors (Lipinski definition) is 2. The number of carboxylic acids is 1. The molecule has 17 heavy (non-hydrogen) atoms. The Morgan fingerprint density at radius 3 is 2.59 bits per heavy atom. The van der Waals surface area contributed by atoms with Crippen LogP contribution in [-0.2, 0) is 6.42 Å². The van der Waals surface area contributed by atoms with Gasteiger partial charge < -0.3 is 10.2 Å². The van der Waals surface area contributed by atoms with Gasteiger partial charge in [0.2, 0.25) is 0 Å². The normalized spacial score (nSPS) is 9.71. The zero-order valence-electron chi connectivity index (χ0n) is 10.5. The smallest absolute Gasteiger partial charge is 0.872 e. The molecule has 0 fully saturated rings. The van der Waals surface area contributed by atoms with Crippen molar-refractivity contribution in [2.24, 2.45) is 0 Å². The van der Waals surface area contributed by atoms with Gasteiger partial charge in [0.1, 0.15) is 0 Å². The van der Waals surface area contributed by atoms with Crippen molar-refractivity contribution in [3.05, 3.63) is 29.3 Å². The summed E-state index contributed by atoms with van der Waals surface area (Å²) < 4.78 is 0. The first kappa shape index (κ1) is 16.5. The van der Waals surface area contributed by atoms with E-state index >= 15 is 0 Å². The van der Waals surface area contributed by atoms with Gasteiger partial charge in [0.25, 0.3) is 0 Å². The van der Waals surface area contributed by atoms with E-state index in [2.05, 4.69) is 6.92 Å². The number of hydrogen-bond donors (Lipinski definition) is 1. The molecule has 88 valence electrons. The summed E-state index contributed by atoms with van der Waals surface area (Å²) in [5.74, 6) is -1.17. The topological polar surface area (TPSA) is 60.4 Å². The molecule has 0 aromatic heterocycles. The minimum absolute atomic E-state index is 0. The Morgan fingerprint density at radius 1 is 1.29 bits per heavy atom. The van der Waals surface area contributed by atoms with Crippen molar-refractivity contribution < 1.29 is 44.6 Å². The van der Waals surface area contributed by atoms with Gasteiger partial charge in [-0.05, 0) is 24.5 Å². The number of rotatable bonds is 6.